The topological polar surface area (TPSA) is 36.9 Å². The summed E-state index contributed by atoms with van der Waals surface area (Å²) in [5, 5.41) is 1.62. The Hall–Kier alpha value is -1.21. The van der Waals surface area contributed by atoms with Gasteiger partial charge in [0.2, 0.25) is 5.91 Å². The predicted molar refractivity (Wildman–Crippen MR) is 75.7 cm³/mol. The lowest BCUT2D eigenvalue weighted by molar-refractivity contribution is -0.626. The van der Waals surface area contributed by atoms with Crippen LogP contribution in [-0.2, 0) is 11.0 Å². The number of halogens is 3. The van der Waals surface area contributed by atoms with Gasteiger partial charge in [0.15, 0.2) is 0 Å². The first-order valence-electron chi connectivity index (χ1n) is 6.75. The molecule has 1 aromatic rings. The highest BCUT2D eigenvalue weighted by molar-refractivity contribution is 8.01. The SMILES string of the molecule is C[NH2+]CCN1C(=O)[C@H](C)S[C@H]1c1ccc(C(F)(F)F)cc1. The third-order valence-corrected chi connectivity index (χ3v) is 4.82. The summed E-state index contributed by atoms with van der Waals surface area (Å²) in [6.45, 7) is 3.20. The molecule has 1 aromatic carbocycles. The number of carbonyl (C=O) groups is 1. The molecule has 0 saturated carbocycles. The molecule has 2 N–H and O–H groups in total. The van der Waals surface area contributed by atoms with Crippen molar-refractivity contribution in [3.05, 3.63) is 35.4 Å². The molecule has 0 spiro atoms. The van der Waals surface area contributed by atoms with Crippen LogP contribution in [0.2, 0.25) is 0 Å². The number of rotatable bonds is 4. The van der Waals surface area contributed by atoms with Crippen molar-refractivity contribution in [3.63, 3.8) is 0 Å². The van der Waals surface area contributed by atoms with Gasteiger partial charge >= 0.3 is 6.18 Å². The zero-order valence-electron chi connectivity index (χ0n) is 11.9. The minimum Gasteiger partial charge on any atom is -0.347 e. The van der Waals surface area contributed by atoms with Crippen LogP contribution in [0.1, 0.15) is 23.4 Å². The molecule has 116 valence electrons. The number of benzene rings is 1. The van der Waals surface area contributed by atoms with Crippen molar-refractivity contribution in [3.8, 4) is 0 Å². The standard InChI is InChI=1S/C14H17F3N2OS/c1-9-12(20)19(8-7-18-2)13(21-9)10-3-5-11(6-4-10)14(15,16)17/h3-6,9,13,18H,7-8H2,1-2H3/p+1/t9-,13-/m0/s1. The molecule has 1 saturated heterocycles. The summed E-state index contributed by atoms with van der Waals surface area (Å²) >= 11 is 1.48. The Kier molecular flexibility index (Phi) is 4.83. The number of alkyl halides is 3. The zero-order valence-corrected chi connectivity index (χ0v) is 12.7. The quantitative estimate of drug-likeness (QED) is 0.920. The average Bonchev–Trinajstić information content (AvgIpc) is 2.72. The van der Waals surface area contributed by atoms with Gasteiger partial charge in [-0.1, -0.05) is 12.1 Å². The molecule has 0 aromatic heterocycles. The smallest absolute Gasteiger partial charge is 0.347 e. The molecule has 1 heterocycles. The van der Waals surface area contributed by atoms with E-state index in [9.17, 15) is 18.0 Å². The van der Waals surface area contributed by atoms with Gasteiger partial charge in [-0.3, -0.25) is 4.79 Å². The maximum atomic E-state index is 12.6. The maximum Gasteiger partial charge on any atom is 0.416 e. The van der Waals surface area contributed by atoms with Crippen molar-refractivity contribution in [2.75, 3.05) is 20.1 Å². The summed E-state index contributed by atoms with van der Waals surface area (Å²) < 4.78 is 37.8. The highest BCUT2D eigenvalue weighted by Crippen LogP contribution is 2.43. The minimum atomic E-state index is -4.33. The van der Waals surface area contributed by atoms with E-state index in [0.29, 0.717) is 6.54 Å². The lowest BCUT2D eigenvalue weighted by atomic mass is 10.1. The lowest BCUT2D eigenvalue weighted by Crippen LogP contribution is -2.81. The molecule has 1 aliphatic rings. The van der Waals surface area contributed by atoms with Gasteiger partial charge in [-0.25, -0.2) is 0 Å². The number of nitrogens with two attached hydrogens (primary N) is 1. The molecule has 0 unspecified atom stereocenters. The van der Waals surface area contributed by atoms with E-state index in [1.54, 1.807) is 4.90 Å². The Morgan fingerprint density at radius 2 is 1.90 bits per heavy atom. The second-order valence-corrected chi connectivity index (χ2v) is 6.40. The Morgan fingerprint density at radius 1 is 1.29 bits per heavy atom. The number of hydrogen-bond acceptors (Lipinski definition) is 2. The third-order valence-electron chi connectivity index (χ3n) is 3.43. The molecule has 0 aliphatic carbocycles. The van der Waals surface area contributed by atoms with Crippen LogP contribution >= 0.6 is 11.8 Å². The van der Waals surface area contributed by atoms with Crippen molar-refractivity contribution < 1.29 is 23.3 Å². The first kappa shape index (κ1) is 16.2. The van der Waals surface area contributed by atoms with Gasteiger partial charge in [-0.15, -0.1) is 11.8 Å². The fraction of sp³-hybridized carbons (Fsp3) is 0.500. The van der Waals surface area contributed by atoms with Crippen molar-refractivity contribution in [2.45, 2.75) is 23.7 Å². The zero-order chi connectivity index (χ0) is 15.6. The molecular weight excluding hydrogens is 301 g/mol. The molecule has 21 heavy (non-hydrogen) atoms. The van der Waals surface area contributed by atoms with Gasteiger partial charge < -0.3 is 10.2 Å². The number of nitrogens with zero attached hydrogens (tertiary/aromatic N) is 1. The Labute approximate surface area is 125 Å². The second-order valence-electron chi connectivity index (χ2n) is 4.98. The third kappa shape index (κ3) is 3.52. The second kappa shape index (κ2) is 6.27. The van der Waals surface area contributed by atoms with Gasteiger partial charge in [0.25, 0.3) is 0 Å². The van der Waals surface area contributed by atoms with E-state index in [-0.39, 0.29) is 16.5 Å². The van der Waals surface area contributed by atoms with Crippen LogP contribution in [0.5, 0.6) is 0 Å². The van der Waals surface area contributed by atoms with E-state index in [1.165, 1.54) is 23.9 Å². The van der Waals surface area contributed by atoms with Crippen LogP contribution in [0.25, 0.3) is 0 Å². The molecule has 1 amide bonds. The van der Waals surface area contributed by atoms with Gasteiger partial charge in [-0.05, 0) is 24.6 Å². The van der Waals surface area contributed by atoms with E-state index >= 15 is 0 Å². The van der Waals surface area contributed by atoms with Gasteiger partial charge in [-0.2, -0.15) is 13.2 Å². The van der Waals surface area contributed by atoms with Crippen molar-refractivity contribution in [2.24, 2.45) is 0 Å². The largest absolute Gasteiger partial charge is 0.416 e. The molecule has 0 bridgehead atoms. The number of thioether (sulfide) groups is 1. The van der Waals surface area contributed by atoms with Gasteiger partial charge in [0.05, 0.1) is 31.0 Å². The Bertz CT molecular complexity index is 504. The fourth-order valence-corrected chi connectivity index (χ4v) is 3.57. The van der Waals surface area contributed by atoms with E-state index in [2.05, 4.69) is 0 Å². The van der Waals surface area contributed by atoms with E-state index in [0.717, 1.165) is 24.2 Å². The normalized spacial score (nSPS) is 22.9. The van der Waals surface area contributed by atoms with Crippen molar-refractivity contribution in [1.29, 1.82) is 0 Å². The summed E-state index contributed by atoms with van der Waals surface area (Å²) in [6.07, 6.45) is -4.33. The fourth-order valence-electron chi connectivity index (χ4n) is 2.26. The predicted octanol–water partition coefficient (Wildman–Crippen LogP) is 1.86. The maximum absolute atomic E-state index is 12.6. The average molecular weight is 319 g/mol. The molecule has 0 radical (unpaired) electrons. The Balaban J connectivity index is 2.21. The number of hydrogen-bond donors (Lipinski definition) is 1. The number of quaternary nitrogens is 1. The van der Waals surface area contributed by atoms with Gasteiger partial charge in [0, 0.05) is 0 Å². The van der Waals surface area contributed by atoms with Crippen molar-refractivity contribution in [1.82, 2.24) is 4.90 Å². The molecular formula is C14H18F3N2OS+. The first-order valence-corrected chi connectivity index (χ1v) is 7.69. The summed E-state index contributed by atoms with van der Waals surface area (Å²) in [5.41, 5.74) is 0.0730. The van der Waals surface area contributed by atoms with Crippen molar-refractivity contribution >= 4 is 17.7 Å². The molecule has 2 atom stereocenters. The molecule has 2 rings (SSSR count). The molecule has 1 fully saturated rings. The molecule has 3 nitrogen and oxygen atoms in total. The van der Waals surface area contributed by atoms with Crippen LogP contribution < -0.4 is 5.32 Å². The van der Waals surface area contributed by atoms with Crippen LogP contribution in [0.3, 0.4) is 0 Å². The summed E-state index contributed by atoms with van der Waals surface area (Å²) in [6, 6.07) is 5.09. The van der Waals surface area contributed by atoms with E-state index in [4.69, 9.17) is 0 Å². The van der Waals surface area contributed by atoms with Gasteiger partial charge in [0.1, 0.15) is 5.37 Å². The first-order chi connectivity index (χ1) is 9.84. The summed E-state index contributed by atoms with van der Waals surface area (Å²) in [7, 11) is 1.92. The van der Waals surface area contributed by atoms with E-state index < -0.39 is 11.7 Å². The van der Waals surface area contributed by atoms with Crippen LogP contribution in [-0.4, -0.2) is 36.2 Å². The molecule has 1 aliphatic heterocycles. The Morgan fingerprint density at radius 3 is 2.43 bits per heavy atom. The number of amides is 1. The summed E-state index contributed by atoms with van der Waals surface area (Å²) in [4.78, 5) is 13.9. The highest BCUT2D eigenvalue weighted by atomic mass is 32.2. The van der Waals surface area contributed by atoms with Crippen LogP contribution in [0, 0.1) is 0 Å². The van der Waals surface area contributed by atoms with Crippen LogP contribution in [0.4, 0.5) is 13.2 Å². The number of likely N-dealkylation sites (N-methyl/N-ethyl adjacent to an activating group) is 1. The lowest BCUT2D eigenvalue weighted by Gasteiger charge is -2.23. The summed E-state index contributed by atoms with van der Waals surface area (Å²) in [5.74, 6) is 0.0479. The highest BCUT2D eigenvalue weighted by Gasteiger charge is 2.38. The van der Waals surface area contributed by atoms with Crippen LogP contribution in [0.15, 0.2) is 24.3 Å². The number of carbonyl (C=O) groups excluding carboxylic acids is 1. The van der Waals surface area contributed by atoms with E-state index in [1.807, 2.05) is 19.3 Å². The minimum absolute atomic E-state index is 0.0479. The monoisotopic (exact) mass is 319 g/mol. The molecule has 7 heteroatoms.